The Labute approximate surface area is 150 Å². The Kier molecular flexibility index (Phi) is 4.36. The average Bonchev–Trinajstić information content (AvgIpc) is 2.74. The van der Waals surface area contributed by atoms with Crippen molar-refractivity contribution in [1.29, 1.82) is 0 Å². The van der Waals surface area contributed by atoms with Crippen LogP contribution in [-0.4, -0.2) is 7.11 Å². The SMILES string of the molecule is COc1ccc(Nc2ccc3c(c2)C(C)(C)CCC3(C)C)ccc1=O. The lowest BCUT2D eigenvalue weighted by Crippen LogP contribution is -2.33. The van der Waals surface area contributed by atoms with E-state index in [-0.39, 0.29) is 16.3 Å². The fraction of sp³-hybridized carbons (Fsp3) is 0.409. The molecular weight excluding hydrogens is 310 g/mol. The zero-order valence-electron chi connectivity index (χ0n) is 15.8. The largest absolute Gasteiger partial charge is 0.493 e. The number of hydrogen-bond donors (Lipinski definition) is 1. The number of anilines is 2. The van der Waals surface area contributed by atoms with Crippen LogP contribution in [-0.2, 0) is 10.8 Å². The first kappa shape index (κ1) is 17.5. The topological polar surface area (TPSA) is 38.3 Å². The van der Waals surface area contributed by atoms with Gasteiger partial charge in [0.1, 0.15) is 0 Å². The van der Waals surface area contributed by atoms with Gasteiger partial charge in [0.15, 0.2) is 5.75 Å². The summed E-state index contributed by atoms with van der Waals surface area (Å²) in [6.45, 7) is 9.30. The molecule has 0 heterocycles. The molecule has 0 atom stereocenters. The molecule has 3 rings (SSSR count). The van der Waals surface area contributed by atoms with Gasteiger partial charge in [0, 0.05) is 11.4 Å². The summed E-state index contributed by atoms with van der Waals surface area (Å²) in [6.07, 6.45) is 2.40. The molecule has 0 saturated heterocycles. The highest BCUT2D eigenvalue weighted by atomic mass is 16.5. The molecule has 25 heavy (non-hydrogen) atoms. The highest BCUT2D eigenvalue weighted by Gasteiger charge is 2.36. The molecular formula is C22H27NO2. The average molecular weight is 337 g/mol. The minimum Gasteiger partial charge on any atom is -0.493 e. The van der Waals surface area contributed by atoms with E-state index < -0.39 is 0 Å². The van der Waals surface area contributed by atoms with Gasteiger partial charge < -0.3 is 10.1 Å². The summed E-state index contributed by atoms with van der Waals surface area (Å²) in [4.78, 5) is 11.9. The Balaban J connectivity index is 1.98. The molecule has 1 N–H and O–H groups in total. The Morgan fingerprint density at radius 3 is 2.12 bits per heavy atom. The van der Waals surface area contributed by atoms with Crippen LogP contribution in [0.5, 0.6) is 5.75 Å². The van der Waals surface area contributed by atoms with E-state index in [2.05, 4.69) is 51.2 Å². The molecule has 0 bridgehead atoms. The van der Waals surface area contributed by atoms with Crippen LogP contribution in [0.2, 0.25) is 0 Å². The van der Waals surface area contributed by atoms with Crippen LogP contribution in [0.15, 0.2) is 47.3 Å². The molecule has 0 saturated carbocycles. The fourth-order valence-corrected chi connectivity index (χ4v) is 3.64. The molecule has 0 amide bonds. The van der Waals surface area contributed by atoms with Gasteiger partial charge in [0.25, 0.3) is 0 Å². The maximum Gasteiger partial charge on any atom is 0.220 e. The smallest absolute Gasteiger partial charge is 0.220 e. The molecule has 1 aliphatic rings. The monoisotopic (exact) mass is 337 g/mol. The summed E-state index contributed by atoms with van der Waals surface area (Å²) in [5.74, 6) is 0.348. The van der Waals surface area contributed by atoms with Crippen LogP contribution in [0, 0.1) is 0 Å². The van der Waals surface area contributed by atoms with Crippen molar-refractivity contribution in [2.75, 3.05) is 12.4 Å². The Morgan fingerprint density at radius 1 is 0.840 bits per heavy atom. The third-order valence-corrected chi connectivity index (χ3v) is 5.43. The number of methoxy groups -OCH3 is 1. The van der Waals surface area contributed by atoms with E-state index in [1.165, 1.54) is 37.1 Å². The van der Waals surface area contributed by atoms with Crippen LogP contribution in [0.3, 0.4) is 0 Å². The molecule has 3 heteroatoms. The second-order valence-electron chi connectivity index (χ2n) is 8.21. The standard InChI is InChI=1S/C22H27NO2/c1-21(2)12-13-22(3,4)18-14-16(6-9-17(18)21)23-15-7-10-19(24)20(25-5)11-8-15/h6-11,14,23H,12-13H2,1-5H3. The quantitative estimate of drug-likeness (QED) is 0.842. The predicted molar refractivity (Wildman–Crippen MR) is 104 cm³/mol. The van der Waals surface area contributed by atoms with E-state index in [4.69, 9.17) is 4.74 Å². The molecule has 3 nitrogen and oxygen atoms in total. The molecule has 0 aliphatic heterocycles. The van der Waals surface area contributed by atoms with Gasteiger partial charge in [0.2, 0.25) is 5.43 Å². The van der Waals surface area contributed by atoms with Gasteiger partial charge in [0.05, 0.1) is 7.11 Å². The Bertz CT molecular complexity index is 853. The van der Waals surface area contributed by atoms with Crippen molar-refractivity contribution in [1.82, 2.24) is 0 Å². The van der Waals surface area contributed by atoms with Crippen LogP contribution < -0.4 is 15.5 Å². The molecule has 0 fully saturated rings. The van der Waals surface area contributed by atoms with Crippen LogP contribution in [0.4, 0.5) is 11.4 Å². The van der Waals surface area contributed by atoms with Crippen molar-refractivity contribution in [3.8, 4) is 5.75 Å². The Morgan fingerprint density at radius 2 is 1.44 bits per heavy atom. The van der Waals surface area contributed by atoms with E-state index in [1.807, 2.05) is 6.07 Å². The van der Waals surface area contributed by atoms with E-state index >= 15 is 0 Å². The van der Waals surface area contributed by atoms with Gasteiger partial charge in [-0.1, -0.05) is 33.8 Å². The Hall–Kier alpha value is -2.29. The van der Waals surface area contributed by atoms with Crippen molar-refractivity contribution in [3.63, 3.8) is 0 Å². The zero-order chi connectivity index (χ0) is 18.2. The minimum atomic E-state index is -0.121. The fourth-order valence-electron chi connectivity index (χ4n) is 3.64. The van der Waals surface area contributed by atoms with Crippen molar-refractivity contribution < 1.29 is 4.74 Å². The number of ether oxygens (including phenoxy) is 1. The van der Waals surface area contributed by atoms with Gasteiger partial charge in [-0.3, -0.25) is 4.79 Å². The van der Waals surface area contributed by atoms with Crippen molar-refractivity contribution in [2.45, 2.75) is 51.4 Å². The van der Waals surface area contributed by atoms with Crippen molar-refractivity contribution >= 4 is 11.4 Å². The lowest BCUT2D eigenvalue weighted by Gasteiger charge is -2.42. The number of rotatable bonds is 3. The molecule has 0 spiro atoms. The third kappa shape index (κ3) is 3.41. The van der Waals surface area contributed by atoms with Crippen LogP contribution >= 0.6 is 0 Å². The first-order chi connectivity index (χ1) is 11.7. The van der Waals surface area contributed by atoms with Gasteiger partial charge >= 0.3 is 0 Å². The number of fused-ring (bicyclic) bond motifs is 1. The molecule has 1 aliphatic carbocycles. The van der Waals surface area contributed by atoms with E-state index in [1.54, 1.807) is 12.1 Å². The van der Waals surface area contributed by atoms with E-state index in [0.29, 0.717) is 5.75 Å². The van der Waals surface area contributed by atoms with Crippen molar-refractivity contribution in [2.24, 2.45) is 0 Å². The molecule has 132 valence electrons. The summed E-state index contributed by atoms with van der Waals surface area (Å²) in [7, 11) is 1.51. The first-order valence-electron chi connectivity index (χ1n) is 8.83. The highest BCUT2D eigenvalue weighted by Crippen LogP contribution is 2.46. The van der Waals surface area contributed by atoms with E-state index in [0.717, 1.165) is 11.4 Å². The number of benzene rings is 1. The summed E-state index contributed by atoms with van der Waals surface area (Å²) in [5, 5.41) is 3.42. The second-order valence-corrected chi connectivity index (χ2v) is 8.21. The minimum absolute atomic E-state index is 0.121. The second kappa shape index (κ2) is 6.21. The number of nitrogens with one attached hydrogen (secondary N) is 1. The summed E-state index contributed by atoms with van der Waals surface area (Å²) < 4.78 is 5.09. The van der Waals surface area contributed by atoms with Gasteiger partial charge in [-0.05, 0) is 71.2 Å². The maximum atomic E-state index is 11.9. The van der Waals surface area contributed by atoms with Gasteiger partial charge in [-0.15, -0.1) is 0 Å². The normalized spacial score (nSPS) is 17.5. The maximum absolute atomic E-state index is 11.9. The summed E-state index contributed by atoms with van der Waals surface area (Å²) in [5.41, 5.74) is 5.04. The van der Waals surface area contributed by atoms with Gasteiger partial charge in [-0.25, -0.2) is 0 Å². The van der Waals surface area contributed by atoms with Crippen LogP contribution in [0.25, 0.3) is 0 Å². The summed E-state index contributed by atoms with van der Waals surface area (Å²) in [6, 6.07) is 13.5. The van der Waals surface area contributed by atoms with Crippen LogP contribution in [0.1, 0.15) is 51.7 Å². The molecule has 0 unspecified atom stereocenters. The molecule has 2 aromatic rings. The highest BCUT2D eigenvalue weighted by molar-refractivity contribution is 5.62. The lowest BCUT2D eigenvalue weighted by molar-refractivity contribution is 0.332. The predicted octanol–water partition coefficient (Wildman–Crippen LogP) is 5.15. The first-order valence-corrected chi connectivity index (χ1v) is 8.83. The van der Waals surface area contributed by atoms with E-state index in [9.17, 15) is 4.79 Å². The molecule has 2 aromatic carbocycles. The molecule has 0 aromatic heterocycles. The lowest BCUT2D eigenvalue weighted by atomic mass is 9.63. The summed E-state index contributed by atoms with van der Waals surface area (Å²) >= 11 is 0. The van der Waals surface area contributed by atoms with Gasteiger partial charge in [-0.2, -0.15) is 0 Å². The van der Waals surface area contributed by atoms with Crippen molar-refractivity contribution in [3.05, 3.63) is 63.8 Å². The number of hydrogen-bond acceptors (Lipinski definition) is 3. The molecule has 0 radical (unpaired) electrons. The third-order valence-electron chi connectivity index (χ3n) is 5.43. The zero-order valence-corrected chi connectivity index (χ0v) is 15.8.